The van der Waals surface area contributed by atoms with E-state index in [-0.39, 0.29) is 22.9 Å². The van der Waals surface area contributed by atoms with Crippen molar-refractivity contribution in [2.75, 3.05) is 12.0 Å². The molecule has 7 nitrogen and oxygen atoms in total. The van der Waals surface area contributed by atoms with E-state index in [1.807, 2.05) is 0 Å². The average molecular weight is 358 g/mol. The average Bonchev–Trinajstić information content (AvgIpc) is 2.88. The molecular formula is C17H14N2O5S. The molecule has 0 bridgehead atoms. The summed E-state index contributed by atoms with van der Waals surface area (Å²) in [5.41, 5.74) is 0.381. The van der Waals surface area contributed by atoms with Crippen molar-refractivity contribution in [2.45, 2.75) is 16.7 Å². The molecule has 1 aliphatic heterocycles. The van der Waals surface area contributed by atoms with Gasteiger partial charge >= 0.3 is 5.97 Å². The summed E-state index contributed by atoms with van der Waals surface area (Å²) in [6.45, 7) is 0. The van der Waals surface area contributed by atoms with Gasteiger partial charge in [0, 0.05) is 12.6 Å². The van der Waals surface area contributed by atoms with Crippen molar-refractivity contribution >= 4 is 35.2 Å². The first-order valence-corrected chi connectivity index (χ1v) is 8.25. The summed E-state index contributed by atoms with van der Waals surface area (Å²) in [5.74, 6) is -1.49. The Kier molecular flexibility index (Phi) is 4.71. The Morgan fingerprint density at radius 2 is 2.04 bits per heavy atom. The highest BCUT2D eigenvalue weighted by Gasteiger charge is 2.41. The summed E-state index contributed by atoms with van der Waals surface area (Å²) in [6, 6.07) is 9.67. The molecule has 2 heterocycles. The van der Waals surface area contributed by atoms with Gasteiger partial charge in [-0.15, -0.1) is 0 Å². The van der Waals surface area contributed by atoms with Crippen molar-refractivity contribution < 1.29 is 24.2 Å². The lowest BCUT2D eigenvalue weighted by molar-refractivity contribution is -0.121. The van der Waals surface area contributed by atoms with E-state index in [1.54, 1.807) is 24.3 Å². The van der Waals surface area contributed by atoms with E-state index in [2.05, 4.69) is 4.98 Å². The molecule has 3 rings (SSSR count). The Hall–Kier alpha value is -2.87. The molecule has 0 aliphatic carbocycles. The topological polar surface area (TPSA) is 96.8 Å². The summed E-state index contributed by atoms with van der Waals surface area (Å²) in [4.78, 5) is 41.5. The number of methoxy groups -OCH3 is 1. The van der Waals surface area contributed by atoms with Gasteiger partial charge in [-0.1, -0.05) is 23.9 Å². The zero-order valence-corrected chi connectivity index (χ0v) is 14.0. The Morgan fingerprint density at radius 1 is 1.28 bits per heavy atom. The quantitative estimate of drug-likeness (QED) is 0.819. The predicted octanol–water partition coefficient (Wildman–Crippen LogP) is 2.21. The second-order valence-corrected chi connectivity index (χ2v) is 6.40. The number of pyridine rings is 1. The number of nitrogens with zero attached hydrogens (tertiary/aromatic N) is 2. The van der Waals surface area contributed by atoms with E-state index in [1.165, 1.54) is 25.4 Å². The van der Waals surface area contributed by atoms with Crippen molar-refractivity contribution in [3.05, 3.63) is 48.2 Å². The summed E-state index contributed by atoms with van der Waals surface area (Å²) in [6.07, 6.45) is 1.42. The third-order valence-corrected chi connectivity index (χ3v) is 4.89. The minimum absolute atomic E-state index is 0.00323. The maximum Gasteiger partial charge on any atom is 0.338 e. The second-order valence-electron chi connectivity index (χ2n) is 5.21. The molecule has 1 N–H and O–H groups in total. The lowest BCUT2D eigenvalue weighted by Gasteiger charge is -2.17. The predicted molar refractivity (Wildman–Crippen MR) is 90.9 cm³/mol. The van der Waals surface area contributed by atoms with Crippen LogP contribution in [0.2, 0.25) is 0 Å². The third-order valence-electron chi connectivity index (χ3n) is 3.69. The van der Waals surface area contributed by atoms with Crippen molar-refractivity contribution in [2.24, 2.45) is 0 Å². The highest BCUT2D eigenvalue weighted by atomic mass is 32.2. The minimum atomic E-state index is -1.13. The maximum absolute atomic E-state index is 12.7. The van der Waals surface area contributed by atoms with E-state index in [9.17, 15) is 19.5 Å². The Morgan fingerprint density at radius 3 is 2.76 bits per heavy atom. The van der Waals surface area contributed by atoms with Crippen molar-refractivity contribution in [1.29, 1.82) is 0 Å². The number of hydrogen-bond donors (Lipinski definition) is 1. The number of carbonyl (C=O) groups excluding carboxylic acids is 2. The van der Waals surface area contributed by atoms with Gasteiger partial charge < -0.3 is 9.84 Å². The van der Waals surface area contributed by atoms with Gasteiger partial charge in [0.05, 0.1) is 23.6 Å². The summed E-state index contributed by atoms with van der Waals surface area (Å²) < 4.78 is 5.22. The number of rotatable bonds is 5. The molecule has 2 aromatic rings. The molecule has 0 saturated carbocycles. The molecular weight excluding hydrogens is 344 g/mol. The largest absolute Gasteiger partial charge is 0.495 e. The van der Waals surface area contributed by atoms with Crippen LogP contribution in [-0.4, -0.2) is 40.2 Å². The van der Waals surface area contributed by atoms with Gasteiger partial charge in [-0.2, -0.15) is 0 Å². The maximum atomic E-state index is 12.7. The number of ether oxygens (including phenoxy) is 1. The van der Waals surface area contributed by atoms with Gasteiger partial charge in [-0.25, -0.2) is 14.7 Å². The van der Waals surface area contributed by atoms with Crippen LogP contribution in [0.4, 0.5) is 5.69 Å². The van der Waals surface area contributed by atoms with Gasteiger partial charge in [0.15, 0.2) is 0 Å². The number of benzene rings is 1. The zero-order valence-electron chi connectivity index (χ0n) is 13.2. The van der Waals surface area contributed by atoms with Crippen LogP contribution in [0.3, 0.4) is 0 Å². The van der Waals surface area contributed by atoms with E-state index in [4.69, 9.17) is 4.74 Å². The van der Waals surface area contributed by atoms with E-state index < -0.39 is 17.1 Å². The Bertz CT molecular complexity index is 854. The van der Waals surface area contributed by atoms with Gasteiger partial charge in [0.2, 0.25) is 11.8 Å². The number of amides is 2. The Balaban J connectivity index is 1.89. The van der Waals surface area contributed by atoms with E-state index in [0.29, 0.717) is 11.4 Å². The first kappa shape index (κ1) is 17.0. The monoisotopic (exact) mass is 358 g/mol. The van der Waals surface area contributed by atoms with Crippen molar-refractivity contribution in [3.8, 4) is 5.75 Å². The standard InChI is InChI=1S/C17H14N2O5S/c1-24-12-7-3-2-6-11(12)19-14(20)9-13(16(19)21)25-15-10(17(22)23)5-4-8-18-15/h2-8,13H,9H2,1H3,(H,22,23)/t13-/m0/s1. The number of imide groups is 1. The lowest BCUT2D eigenvalue weighted by atomic mass is 10.2. The minimum Gasteiger partial charge on any atom is -0.495 e. The molecule has 8 heteroatoms. The fourth-order valence-electron chi connectivity index (χ4n) is 2.55. The molecule has 0 spiro atoms. The van der Waals surface area contributed by atoms with Crippen molar-refractivity contribution in [1.82, 2.24) is 4.98 Å². The number of anilines is 1. The molecule has 1 aromatic heterocycles. The third kappa shape index (κ3) is 3.20. The van der Waals surface area contributed by atoms with Crippen LogP contribution in [0.25, 0.3) is 0 Å². The van der Waals surface area contributed by atoms with Crippen LogP contribution in [0.5, 0.6) is 5.75 Å². The fourth-order valence-corrected chi connectivity index (χ4v) is 3.65. The van der Waals surface area contributed by atoms with Crippen LogP contribution in [0.1, 0.15) is 16.8 Å². The van der Waals surface area contributed by atoms with E-state index in [0.717, 1.165) is 16.7 Å². The number of carbonyl (C=O) groups is 3. The molecule has 0 radical (unpaired) electrons. The number of aromatic carboxylic acids is 1. The molecule has 128 valence electrons. The van der Waals surface area contributed by atoms with Gasteiger partial charge in [0.25, 0.3) is 0 Å². The van der Waals surface area contributed by atoms with Crippen LogP contribution >= 0.6 is 11.8 Å². The van der Waals surface area contributed by atoms with Crippen LogP contribution in [-0.2, 0) is 9.59 Å². The summed E-state index contributed by atoms with van der Waals surface area (Å²) >= 11 is 0.985. The lowest BCUT2D eigenvalue weighted by Crippen LogP contribution is -2.31. The number of hydrogen-bond acceptors (Lipinski definition) is 6. The first-order valence-electron chi connectivity index (χ1n) is 7.37. The number of para-hydroxylation sites is 2. The van der Waals surface area contributed by atoms with Crippen LogP contribution in [0.15, 0.2) is 47.6 Å². The molecule has 25 heavy (non-hydrogen) atoms. The second kappa shape index (κ2) is 6.94. The SMILES string of the molecule is COc1ccccc1N1C(=O)C[C@H](Sc2ncccc2C(=O)O)C1=O. The van der Waals surface area contributed by atoms with E-state index >= 15 is 0 Å². The molecule has 1 atom stereocenters. The number of thioether (sulfide) groups is 1. The fraction of sp³-hybridized carbons (Fsp3) is 0.176. The number of carboxylic acid groups (broad SMARTS) is 1. The number of aromatic nitrogens is 1. The zero-order chi connectivity index (χ0) is 18.0. The molecule has 1 saturated heterocycles. The number of carboxylic acids is 1. The molecule has 2 amide bonds. The normalized spacial score (nSPS) is 17.0. The van der Waals surface area contributed by atoms with Crippen LogP contribution in [0, 0.1) is 0 Å². The summed E-state index contributed by atoms with van der Waals surface area (Å²) in [5, 5.41) is 8.70. The van der Waals surface area contributed by atoms with Crippen LogP contribution < -0.4 is 9.64 Å². The highest BCUT2D eigenvalue weighted by molar-refractivity contribution is 8.00. The van der Waals surface area contributed by atoms with Gasteiger partial charge in [-0.05, 0) is 24.3 Å². The highest BCUT2D eigenvalue weighted by Crippen LogP contribution is 2.37. The van der Waals surface area contributed by atoms with Gasteiger partial charge in [0.1, 0.15) is 10.8 Å². The smallest absolute Gasteiger partial charge is 0.338 e. The first-order chi connectivity index (χ1) is 12.0. The van der Waals surface area contributed by atoms with Gasteiger partial charge in [-0.3, -0.25) is 9.59 Å². The molecule has 1 aliphatic rings. The molecule has 1 fully saturated rings. The summed E-state index contributed by atoms with van der Waals surface area (Å²) in [7, 11) is 1.46. The molecule has 1 aromatic carbocycles. The van der Waals surface area contributed by atoms with Crippen molar-refractivity contribution in [3.63, 3.8) is 0 Å². The molecule has 0 unspecified atom stereocenters. The Labute approximate surface area is 147 Å².